The fourth-order valence-corrected chi connectivity index (χ4v) is 1.58. The van der Waals surface area contributed by atoms with Crippen LogP contribution in [0.15, 0.2) is 18.2 Å². The summed E-state index contributed by atoms with van der Waals surface area (Å²) >= 11 is 5.77. The van der Waals surface area contributed by atoms with Gasteiger partial charge in [0.05, 0.1) is 30.9 Å². The molecule has 1 aromatic carbocycles. The SMILES string of the molecule is COCCOCC(O)Cc1cccc(F)c1Cl. The van der Waals surface area contributed by atoms with Gasteiger partial charge in [-0.1, -0.05) is 23.7 Å². The van der Waals surface area contributed by atoms with Crippen LogP contribution in [0.5, 0.6) is 0 Å². The predicted octanol–water partition coefficient (Wildman–Crippen LogP) is 2.05. The molecule has 0 aromatic heterocycles. The first kappa shape index (κ1) is 14.4. The van der Waals surface area contributed by atoms with E-state index in [4.69, 9.17) is 21.1 Å². The lowest BCUT2D eigenvalue weighted by molar-refractivity contribution is 0.0137. The molecule has 0 saturated carbocycles. The minimum absolute atomic E-state index is 0.0587. The normalized spacial score (nSPS) is 12.7. The van der Waals surface area contributed by atoms with Crippen LogP contribution in [0.2, 0.25) is 5.02 Å². The number of rotatable bonds is 7. The molecule has 0 fully saturated rings. The van der Waals surface area contributed by atoms with Gasteiger partial charge in [-0.3, -0.25) is 0 Å². The molecule has 96 valence electrons. The van der Waals surface area contributed by atoms with Crippen molar-refractivity contribution < 1.29 is 19.0 Å². The van der Waals surface area contributed by atoms with Crippen molar-refractivity contribution in [1.82, 2.24) is 0 Å². The van der Waals surface area contributed by atoms with Crippen molar-refractivity contribution in [2.75, 3.05) is 26.9 Å². The predicted molar refractivity (Wildman–Crippen MR) is 63.8 cm³/mol. The fraction of sp³-hybridized carbons (Fsp3) is 0.500. The molecule has 1 atom stereocenters. The topological polar surface area (TPSA) is 38.7 Å². The lowest BCUT2D eigenvalue weighted by Gasteiger charge is -2.12. The lowest BCUT2D eigenvalue weighted by atomic mass is 10.1. The van der Waals surface area contributed by atoms with Crippen LogP contribution in [0.4, 0.5) is 4.39 Å². The Kier molecular flexibility index (Phi) is 6.44. The van der Waals surface area contributed by atoms with Crippen molar-refractivity contribution in [2.45, 2.75) is 12.5 Å². The smallest absolute Gasteiger partial charge is 0.142 e. The van der Waals surface area contributed by atoms with E-state index in [-0.39, 0.29) is 18.1 Å². The van der Waals surface area contributed by atoms with Crippen LogP contribution in [0.3, 0.4) is 0 Å². The summed E-state index contributed by atoms with van der Waals surface area (Å²) in [5.74, 6) is -0.475. The summed E-state index contributed by atoms with van der Waals surface area (Å²) in [6, 6.07) is 4.53. The average molecular weight is 263 g/mol. The third-order valence-corrected chi connectivity index (χ3v) is 2.65. The van der Waals surface area contributed by atoms with Gasteiger partial charge in [0.15, 0.2) is 0 Å². The van der Waals surface area contributed by atoms with Crippen LogP contribution in [-0.4, -0.2) is 38.1 Å². The highest BCUT2D eigenvalue weighted by Crippen LogP contribution is 2.20. The number of hydrogen-bond acceptors (Lipinski definition) is 3. The number of aliphatic hydroxyl groups is 1. The number of halogens is 2. The molecule has 5 heteroatoms. The molecular weight excluding hydrogens is 247 g/mol. The highest BCUT2D eigenvalue weighted by molar-refractivity contribution is 6.31. The molecule has 0 bridgehead atoms. The Morgan fingerprint density at radius 3 is 2.88 bits per heavy atom. The molecule has 0 saturated heterocycles. The molecule has 0 heterocycles. The Morgan fingerprint density at radius 2 is 2.18 bits per heavy atom. The Labute approximate surface area is 105 Å². The van der Waals surface area contributed by atoms with Gasteiger partial charge in [-0.15, -0.1) is 0 Å². The molecule has 1 N–H and O–H groups in total. The van der Waals surface area contributed by atoms with Gasteiger partial charge in [0.25, 0.3) is 0 Å². The maximum atomic E-state index is 13.1. The van der Waals surface area contributed by atoms with Crippen molar-refractivity contribution in [2.24, 2.45) is 0 Å². The van der Waals surface area contributed by atoms with Gasteiger partial charge in [-0.25, -0.2) is 4.39 Å². The van der Waals surface area contributed by atoms with Crippen LogP contribution >= 0.6 is 11.6 Å². The zero-order chi connectivity index (χ0) is 12.7. The Balaban J connectivity index is 2.39. The van der Waals surface area contributed by atoms with E-state index in [0.29, 0.717) is 18.8 Å². The van der Waals surface area contributed by atoms with Gasteiger partial charge in [0, 0.05) is 13.5 Å². The van der Waals surface area contributed by atoms with Gasteiger partial charge in [-0.05, 0) is 11.6 Å². The highest BCUT2D eigenvalue weighted by Gasteiger charge is 2.11. The second-order valence-electron chi connectivity index (χ2n) is 3.64. The van der Waals surface area contributed by atoms with Crippen LogP contribution in [0.1, 0.15) is 5.56 Å². The van der Waals surface area contributed by atoms with Crippen molar-refractivity contribution in [3.05, 3.63) is 34.6 Å². The molecule has 3 nitrogen and oxygen atoms in total. The molecule has 0 amide bonds. The number of methoxy groups -OCH3 is 1. The van der Waals surface area contributed by atoms with E-state index < -0.39 is 11.9 Å². The molecule has 1 rings (SSSR count). The summed E-state index contributed by atoms with van der Waals surface area (Å²) in [7, 11) is 1.58. The lowest BCUT2D eigenvalue weighted by Crippen LogP contribution is -2.19. The largest absolute Gasteiger partial charge is 0.390 e. The summed E-state index contributed by atoms with van der Waals surface area (Å²) in [6.07, 6.45) is -0.435. The molecule has 0 aliphatic carbocycles. The van der Waals surface area contributed by atoms with Crippen LogP contribution in [0, 0.1) is 5.82 Å². The number of benzene rings is 1. The van der Waals surface area contributed by atoms with Crippen molar-refractivity contribution >= 4 is 11.6 Å². The average Bonchev–Trinajstić information content (AvgIpc) is 2.31. The second kappa shape index (κ2) is 7.61. The van der Waals surface area contributed by atoms with Crippen molar-refractivity contribution in [3.63, 3.8) is 0 Å². The van der Waals surface area contributed by atoms with Gasteiger partial charge in [0.2, 0.25) is 0 Å². The van der Waals surface area contributed by atoms with Gasteiger partial charge >= 0.3 is 0 Å². The number of aliphatic hydroxyl groups excluding tert-OH is 1. The molecule has 0 spiro atoms. The van der Waals surface area contributed by atoms with E-state index in [1.807, 2.05) is 0 Å². The van der Waals surface area contributed by atoms with Crippen LogP contribution in [0.25, 0.3) is 0 Å². The first-order valence-corrected chi connectivity index (χ1v) is 5.70. The van der Waals surface area contributed by atoms with Gasteiger partial charge < -0.3 is 14.6 Å². The molecule has 0 aliphatic heterocycles. The summed E-state index contributed by atoms with van der Waals surface area (Å²) in [6.45, 7) is 1.08. The van der Waals surface area contributed by atoms with E-state index in [0.717, 1.165) is 0 Å². The standard InChI is InChI=1S/C12H16ClFO3/c1-16-5-6-17-8-10(15)7-9-3-2-4-11(14)12(9)13/h2-4,10,15H,5-8H2,1H3. The molecule has 1 unspecified atom stereocenters. The number of ether oxygens (including phenoxy) is 2. The Morgan fingerprint density at radius 1 is 1.41 bits per heavy atom. The maximum absolute atomic E-state index is 13.1. The maximum Gasteiger partial charge on any atom is 0.142 e. The third-order valence-electron chi connectivity index (χ3n) is 2.23. The number of hydrogen-bond donors (Lipinski definition) is 1. The Hall–Kier alpha value is -0.680. The monoisotopic (exact) mass is 262 g/mol. The highest BCUT2D eigenvalue weighted by atomic mass is 35.5. The molecular formula is C12H16ClFO3. The summed E-state index contributed by atoms with van der Waals surface area (Å²) in [5.41, 5.74) is 0.578. The minimum atomic E-state index is -0.703. The molecule has 17 heavy (non-hydrogen) atoms. The fourth-order valence-electron chi connectivity index (χ4n) is 1.38. The second-order valence-corrected chi connectivity index (χ2v) is 4.02. The van der Waals surface area contributed by atoms with Gasteiger partial charge in [-0.2, -0.15) is 0 Å². The summed E-state index contributed by atoms with van der Waals surface area (Å²) in [4.78, 5) is 0. The van der Waals surface area contributed by atoms with E-state index in [1.165, 1.54) is 6.07 Å². The van der Waals surface area contributed by atoms with Crippen LogP contribution in [-0.2, 0) is 15.9 Å². The first-order valence-electron chi connectivity index (χ1n) is 5.32. The summed E-state index contributed by atoms with van der Waals surface area (Å²) < 4.78 is 23.1. The molecule has 0 radical (unpaired) electrons. The van der Waals surface area contributed by atoms with Gasteiger partial charge in [0.1, 0.15) is 5.82 Å². The Bertz CT molecular complexity index is 347. The molecule has 0 aliphatic rings. The van der Waals surface area contributed by atoms with Crippen LogP contribution < -0.4 is 0 Å². The van der Waals surface area contributed by atoms with E-state index >= 15 is 0 Å². The van der Waals surface area contributed by atoms with Crippen molar-refractivity contribution in [3.8, 4) is 0 Å². The van der Waals surface area contributed by atoms with Crippen molar-refractivity contribution in [1.29, 1.82) is 0 Å². The van der Waals surface area contributed by atoms with E-state index in [2.05, 4.69) is 0 Å². The quantitative estimate of drug-likeness (QED) is 0.765. The minimum Gasteiger partial charge on any atom is -0.390 e. The van der Waals surface area contributed by atoms with E-state index in [9.17, 15) is 9.50 Å². The third kappa shape index (κ3) is 5.00. The van der Waals surface area contributed by atoms with E-state index in [1.54, 1.807) is 19.2 Å². The zero-order valence-electron chi connectivity index (χ0n) is 9.66. The first-order chi connectivity index (χ1) is 8.15. The molecule has 1 aromatic rings. The summed E-state index contributed by atoms with van der Waals surface area (Å²) in [5, 5.41) is 9.73. The zero-order valence-corrected chi connectivity index (χ0v) is 10.4.